The Morgan fingerprint density at radius 2 is 1.80 bits per heavy atom. The van der Waals surface area contributed by atoms with E-state index < -0.39 is 11.6 Å². The highest BCUT2D eigenvalue weighted by atomic mass is 19.2. The molecule has 0 aliphatic rings. The van der Waals surface area contributed by atoms with Crippen molar-refractivity contribution < 1.29 is 13.5 Å². The highest BCUT2D eigenvalue weighted by Crippen LogP contribution is 2.29. The molecule has 2 rings (SSSR count). The first-order valence-corrected chi connectivity index (χ1v) is 6.37. The van der Waals surface area contributed by atoms with Gasteiger partial charge in [-0.25, -0.2) is 8.78 Å². The number of aryl methyl sites for hydroxylation is 1. The molecule has 0 aliphatic heterocycles. The lowest BCUT2D eigenvalue weighted by molar-refractivity contribution is 0.408. The predicted molar refractivity (Wildman–Crippen MR) is 76.1 cm³/mol. The number of hydrogen-bond acceptors (Lipinski definition) is 2. The van der Waals surface area contributed by atoms with Crippen LogP contribution in [-0.4, -0.2) is 7.11 Å². The van der Waals surface area contributed by atoms with Gasteiger partial charge in [0, 0.05) is 17.3 Å². The van der Waals surface area contributed by atoms with Crippen LogP contribution < -0.4 is 10.1 Å². The minimum atomic E-state index is -0.863. The summed E-state index contributed by atoms with van der Waals surface area (Å²) in [5.41, 5.74) is 2.61. The highest BCUT2D eigenvalue weighted by molar-refractivity contribution is 5.48. The number of methoxy groups -OCH3 is 1. The van der Waals surface area contributed by atoms with E-state index in [9.17, 15) is 8.78 Å². The van der Waals surface area contributed by atoms with Gasteiger partial charge in [-0.05, 0) is 32.0 Å². The molecule has 106 valence electrons. The van der Waals surface area contributed by atoms with Gasteiger partial charge in [0.2, 0.25) is 0 Å². The molecule has 0 aromatic heterocycles. The van der Waals surface area contributed by atoms with Crippen LogP contribution in [0.3, 0.4) is 0 Å². The van der Waals surface area contributed by atoms with Crippen molar-refractivity contribution in [1.29, 1.82) is 0 Å². The Morgan fingerprint density at radius 1 is 1.05 bits per heavy atom. The summed E-state index contributed by atoms with van der Waals surface area (Å²) >= 11 is 0. The van der Waals surface area contributed by atoms with Crippen molar-refractivity contribution in [3.63, 3.8) is 0 Å². The van der Waals surface area contributed by atoms with Crippen molar-refractivity contribution in [2.24, 2.45) is 0 Å². The van der Waals surface area contributed by atoms with Gasteiger partial charge in [-0.3, -0.25) is 0 Å². The average Bonchev–Trinajstić information content (AvgIpc) is 2.43. The lowest BCUT2D eigenvalue weighted by atomic mass is 10.0. The van der Waals surface area contributed by atoms with Crippen molar-refractivity contribution in [1.82, 2.24) is 0 Å². The van der Waals surface area contributed by atoms with Crippen LogP contribution in [0.2, 0.25) is 0 Å². The lowest BCUT2D eigenvalue weighted by Crippen LogP contribution is -2.09. The van der Waals surface area contributed by atoms with Crippen LogP contribution in [0.1, 0.15) is 24.1 Å². The predicted octanol–water partition coefficient (Wildman–Crippen LogP) is 4.45. The number of anilines is 1. The van der Waals surface area contributed by atoms with Crippen molar-refractivity contribution in [3.05, 3.63) is 59.2 Å². The standard InChI is InChI=1S/C16H17F2NO/c1-10-4-7-16(20-3)13(8-10)11(2)19-12-5-6-14(17)15(18)9-12/h4-9,11,19H,1-3H3. The summed E-state index contributed by atoms with van der Waals surface area (Å²) in [6.07, 6.45) is 0. The summed E-state index contributed by atoms with van der Waals surface area (Å²) < 4.78 is 31.4. The second-order valence-corrected chi connectivity index (χ2v) is 4.74. The zero-order valence-corrected chi connectivity index (χ0v) is 11.7. The Bertz CT molecular complexity index is 613. The third-order valence-corrected chi connectivity index (χ3v) is 3.15. The zero-order chi connectivity index (χ0) is 14.7. The van der Waals surface area contributed by atoms with Gasteiger partial charge in [-0.15, -0.1) is 0 Å². The molecular formula is C16H17F2NO. The van der Waals surface area contributed by atoms with Crippen molar-refractivity contribution in [2.45, 2.75) is 19.9 Å². The van der Waals surface area contributed by atoms with Crippen molar-refractivity contribution in [2.75, 3.05) is 12.4 Å². The van der Waals surface area contributed by atoms with Gasteiger partial charge in [0.05, 0.1) is 13.2 Å². The quantitative estimate of drug-likeness (QED) is 0.891. The second-order valence-electron chi connectivity index (χ2n) is 4.74. The largest absolute Gasteiger partial charge is 0.496 e. The van der Waals surface area contributed by atoms with Gasteiger partial charge < -0.3 is 10.1 Å². The maximum absolute atomic E-state index is 13.2. The first-order valence-electron chi connectivity index (χ1n) is 6.37. The van der Waals surface area contributed by atoms with Crippen LogP contribution in [0, 0.1) is 18.6 Å². The van der Waals surface area contributed by atoms with E-state index in [1.54, 1.807) is 7.11 Å². The lowest BCUT2D eigenvalue weighted by Gasteiger charge is -2.19. The Kier molecular flexibility index (Phi) is 4.23. The van der Waals surface area contributed by atoms with Gasteiger partial charge in [-0.2, -0.15) is 0 Å². The van der Waals surface area contributed by atoms with E-state index in [-0.39, 0.29) is 6.04 Å². The summed E-state index contributed by atoms with van der Waals surface area (Å²) in [5, 5.41) is 3.14. The fraction of sp³-hybridized carbons (Fsp3) is 0.250. The zero-order valence-electron chi connectivity index (χ0n) is 11.7. The second kappa shape index (κ2) is 5.90. The Morgan fingerprint density at radius 3 is 2.45 bits per heavy atom. The normalized spacial score (nSPS) is 12.1. The maximum Gasteiger partial charge on any atom is 0.160 e. The van der Waals surface area contributed by atoms with E-state index in [2.05, 4.69) is 5.32 Å². The molecule has 0 bridgehead atoms. The molecule has 1 N–H and O–H groups in total. The molecule has 0 saturated carbocycles. The molecule has 20 heavy (non-hydrogen) atoms. The number of rotatable bonds is 4. The third-order valence-electron chi connectivity index (χ3n) is 3.15. The van der Waals surface area contributed by atoms with Gasteiger partial charge in [0.25, 0.3) is 0 Å². The van der Waals surface area contributed by atoms with Gasteiger partial charge in [0.1, 0.15) is 5.75 Å². The topological polar surface area (TPSA) is 21.3 Å². The van der Waals surface area contributed by atoms with Crippen LogP contribution in [0.4, 0.5) is 14.5 Å². The van der Waals surface area contributed by atoms with E-state index in [1.165, 1.54) is 6.07 Å². The van der Waals surface area contributed by atoms with Crippen molar-refractivity contribution >= 4 is 5.69 Å². The molecule has 1 atom stereocenters. The molecular weight excluding hydrogens is 260 g/mol. The molecule has 0 heterocycles. The number of halogens is 2. The highest BCUT2D eigenvalue weighted by Gasteiger charge is 2.12. The molecule has 0 radical (unpaired) electrons. The van der Waals surface area contributed by atoms with Crippen molar-refractivity contribution in [3.8, 4) is 5.75 Å². The minimum Gasteiger partial charge on any atom is -0.496 e. The molecule has 2 aromatic carbocycles. The van der Waals surface area contributed by atoms with Crippen LogP contribution >= 0.6 is 0 Å². The van der Waals surface area contributed by atoms with Gasteiger partial charge in [0.15, 0.2) is 11.6 Å². The smallest absolute Gasteiger partial charge is 0.160 e. The first-order chi connectivity index (χ1) is 9.51. The number of hydrogen-bond donors (Lipinski definition) is 1. The third kappa shape index (κ3) is 3.07. The fourth-order valence-electron chi connectivity index (χ4n) is 2.11. The van der Waals surface area contributed by atoms with E-state index in [4.69, 9.17) is 4.74 Å². The molecule has 0 spiro atoms. The Hall–Kier alpha value is -2.10. The van der Waals surface area contributed by atoms with Gasteiger partial charge in [-0.1, -0.05) is 17.7 Å². The first kappa shape index (κ1) is 14.3. The molecule has 4 heteroatoms. The minimum absolute atomic E-state index is 0.0882. The summed E-state index contributed by atoms with van der Waals surface area (Å²) in [6, 6.07) is 9.55. The van der Waals surface area contributed by atoms with Crippen LogP contribution in [0.15, 0.2) is 36.4 Å². The maximum atomic E-state index is 13.2. The number of nitrogens with one attached hydrogen (secondary N) is 1. The summed E-state index contributed by atoms with van der Waals surface area (Å²) in [6.45, 7) is 3.94. The molecule has 0 amide bonds. The molecule has 1 unspecified atom stereocenters. The average molecular weight is 277 g/mol. The fourth-order valence-corrected chi connectivity index (χ4v) is 2.11. The summed E-state index contributed by atoms with van der Waals surface area (Å²) in [7, 11) is 1.61. The molecule has 2 aromatic rings. The molecule has 0 saturated heterocycles. The summed E-state index contributed by atoms with van der Waals surface area (Å²) in [4.78, 5) is 0. The number of benzene rings is 2. The molecule has 2 nitrogen and oxygen atoms in total. The number of ether oxygens (including phenoxy) is 1. The molecule has 0 aliphatic carbocycles. The Balaban J connectivity index is 2.25. The molecule has 0 fully saturated rings. The monoisotopic (exact) mass is 277 g/mol. The van der Waals surface area contributed by atoms with E-state index >= 15 is 0 Å². The van der Waals surface area contributed by atoms with Crippen LogP contribution in [0.5, 0.6) is 5.75 Å². The van der Waals surface area contributed by atoms with E-state index in [0.717, 1.165) is 29.0 Å². The van der Waals surface area contributed by atoms with E-state index in [1.807, 2.05) is 32.0 Å². The van der Waals surface area contributed by atoms with Crippen LogP contribution in [0.25, 0.3) is 0 Å². The SMILES string of the molecule is COc1ccc(C)cc1C(C)Nc1ccc(F)c(F)c1. The van der Waals surface area contributed by atoms with Gasteiger partial charge >= 0.3 is 0 Å². The summed E-state index contributed by atoms with van der Waals surface area (Å²) in [5.74, 6) is -0.951. The van der Waals surface area contributed by atoms with Crippen LogP contribution in [-0.2, 0) is 0 Å². The Labute approximate surface area is 117 Å². The van der Waals surface area contributed by atoms with E-state index in [0.29, 0.717) is 5.69 Å².